The Bertz CT molecular complexity index is 937. The highest BCUT2D eigenvalue weighted by Gasteiger charge is 2.32. The number of nitrogens with one attached hydrogen (secondary N) is 1. The van der Waals surface area contributed by atoms with E-state index >= 15 is 0 Å². The van der Waals surface area contributed by atoms with E-state index in [9.17, 15) is 14.7 Å². The molecule has 8 heteroatoms. The summed E-state index contributed by atoms with van der Waals surface area (Å²) in [6.45, 7) is 12.5. The summed E-state index contributed by atoms with van der Waals surface area (Å²) in [5.41, 5.74) is 1.40. The van der Waals surface area contributed by atoms with Crippen molar-refractivity contribution in [1.82, 2.24) is 10.2 Å². The Labute approximate surface area is 214 Å². The van der Waals surface area contributed by atoms with Crippen molar-refractivity contribution in [2.45, 2.75) is 71.9 Å². The van der Waals surface area contributed by atoms with E-state index in [2.05, 4.69) is 5.32 Å². The minimum absolute atomic E-state index is 0.159. The van der Waals surface area contributed by atoms with Gasteiger partial charge in [-0.3, -0.25) is 4.79 Å². The van der Waals surface area contributed by atoms with Crippen LogP contribution in [0, 0.1) is 0 Å². The molecule has 0 spiro atoms. The summed E-state index contributed by atoms with van der Waals surface area (Å²) in [4.78, 5) is 27.1. The van der Waals surface area contributed by atoms with Crippen LogP contribution in [0.25, 0.3) is 0 Å². The zero-order valence-electron chi connectivity index (χ0n) is 22.2. The highest BCUT2D eigenvalue weighted by Crippen LogP contribution is 2.24. The third-order valence-corrected chi connectivity index (χ3v) is 5.47. The van der Waals surface area contributed by atoms with Crippen LogP contribution < -0.4 is 10.1 Å². The first kappa shape index (κ1) is 29.1. The van der Waals surface area contributed by atoms with Gasteiger partial charge in [0.1, 0.15) is 17.4 Å². The molecule has 0 aliphatic carbocycles. The van der Waals surface area contributed by atoms with Crippen LogP contribution in [0.2, 0.25) is 0 Å². The number of ether oxygens (including phenoxy) is 3. The van der Waals surface area contributed by atoms with Gasteiger partial charge in [0.25, 0.3) is 0 Å². The molecule has 8 nitrogen and oxygen atoms in total. The summed E-state index contributed by atoms with van der Waals surface area (Å²) < 4.78 is 17.3. The third-order valence-electron chi connectivity index (χ3n) is 5.47. The molecule has 0 radical (unpaired) electrons. The van der Waals surface area contributed by atoms with Gasteiger partial charge < -0.3 is 29.5 Å². The average molecular weight is 501 g/mol. The third kappa shape index (κ3) is 9.51. The van der Waals surface area contributed by atoms with E-state index in [1.165, 1.54) is 0 Å². The van der Waals surface area contributed by atoms with Crippen molar-refractivity contribution < 1.29 is 28.9 Å². The molecular formula is C28H40N2O6. The lowest BCUT2D eigenvalue weighted by molar-refractivity contribution is -0.163. The van der Waals surface area contributed by atoms with E-state index < -0.39 is 18.4 Å². The molecule has 0 unspecified atom stereocenters. The van der Waals surface area contributed by atoms with Gasteiger partial charge >= 0.3 is 6.09 Å². The number of nitrogens with zero attached hydrogens (tertiary/aromatic N) is 1. The second kappa shape index (κ2) is 13.8. The van der Waals surface area contributed by atoms with E-state index in [4.69, 9.17) is 14.2 Å². The van der Waals surface area contributed by atoms with Gasteiger partial charge in [-0.05, 0) is 64.8 Å². The monoisotopic (exact) mass is 500 g/mol. The normalized spacial score (nSPS) is 13.2. The van der Waals surface area contributed by atoms with Crippen molar-refractivity contribution >= 4 is 12.0 Å². The Morgan fingerprint density at radius 3 is 2.06 bits per heavy atom. The van der Waals surface area contributed by atoms with Crippen LogP contribution in [-0.2, 0) is 20.7 Å². The van der Waals surface area contributed by atoms with Crippen molar-refractivity contribution in [2.24, 2.45) is 0 Å². The molecule has 0 aromatic heterocycles. The van der Waals surface area contributed by atoms with Gasteiger partial charge in [-0.1, -0.05) is 42.5 Å². The molecule has 2 rings (SSSR count). The van der Waals surface area contributed by atoms with E-state index in [1.807, 2.05) is 96.1 Å². The van der Waals surface area contributed by atoms with Crippen molar-refractivity contribution in [1.29, 1.82) is 0 Å². The lowest BCUT2D eigenvalue weighted by atomic mass is 10.0. The quantitative estimate of drug-likeness (QED) is 0.374. The lowest BCUT2D eigenvalue weighted by Gasteiger charge is -2.35. The van der Waals surface area contributed by atoms with Crippen molar-refractivity contribution in [2.75, 3.05) is 19.8 Å². The molecule has 2 amide bonds. The zero-order chi connectivity index (χ0) is 26.7. The van der Waals surface area contributed by atoms with Gasteiger partial charge in [-0.25, -0.2) is 4.79 Å². The first-order valence-corrected chi connectivity index (χ1v) is 12.4. The maximum atomic E-state index is 13.9. The number of hydrogen-bond acceptors (Lipinski definition) is 5. The van der Waals surface area contributed by atoms with E-state index in [0.717, 1.165) is 11.1 Å². The maximum absolute atomic E-state index is 13.9. The Kier molecular flexibility index (Phi) is 11.2. The Hall–Kier alpha value is -3.10. The molecular weight excluding hydrogens is 460 g/mol. The molecule has 2 atom stereocenters. The number of carboxylic acid groups (broad SMARTS) is 1. The fourth-order valence-electron chi connectivity index (χ4n) is 3.87. The maximum Gasteiger partial charge on any atom is 0.405 e. The van der Waals surface area contributed by atoms with Crippen LogP contribution >= 0.6 is 0 Å². The molecule has 0 aliphatic heterocycles. The van der Waals surface area contributed by atoms with Crippen LogP contribution in [-0.4, -0.2) is 59.7 Å². The average Bonchev–Trinajstić information content (AvgIpc) is 2.82. The number of hydrogen-bond donors (Lipinski definition) is 2. The van der Waals surface area contributed by atoms with Gasteiger partial charge in [0, 0.05) is 19.6 Å². The molecule has 0 aliphatic rings. The van der Waals surface area contributed by atoms with Gasteiger partial charge in [-0.2, -0.15) is 0 Å². The molecule has 2 aromatic carbocycles. The first-order chi connectivity index (χ1) is 17.0. The van der Waals surface area contributed by atoms with Crippen LogP contribution in [0.15, 0.2) is 54.6 Å². The number of carbonyl (C=O) groups is 2. The van der Waals surface area contributed by atoms with Crippen LogP contribution in [0.4, 0.5) is 4.79 Å². The van der Waals surface area contributed by atoms with E-state index in [1.54, 1.807) is 4.90 Å². The Morgan fingerprint density at radius 1 is 0.972 bits per heavy atom. The highest BCUT2D eigenvalue weighted by atomic mass is 16.7. The van der Waals surface area contributed by atoms with Gasteiger partial charge in [-0.15, -0.1) is 0 Å². The topological polar surface area (TPSA) is 97.3 Å². The van der Waals surface area contributed by atoms with Crippen molar-refractivity contribution in [3.8, 4) is 5.75 Å². The fourth-order valence-corrected chi connectivity index (χ4v) is 3.87. The molecule has 36 heavy (non-hydrogen) atoms. The molecule has 0 bridgehead atoms. The zero-order valence-corrected chi connectivity index (χ0v) is 22.2. The van der Waals surface area contributed by atoms with Gasteiger partial charge in [0.2, 0.25) is 5.91 Å². The SMILES string of the molecule is CCOC(CN(C(=O)[C@H](Cc1ccc(OC(C)(C)C)cc1)NC(=O)O)[C@H](C)c1ccccc1)OCC. The number of rotatable bonds is 13. The van der Waals surface area contributed by atoms with Crippen molar-refractivity contribution in [3.63, 3.8) is 0 Å². The van der Waals surface area contributed by atoms with Crippen LogP contribution in [0.3, 0.4) is 0 Å². The van der Waals surface area contributed by atoms with E-state index in [0.29, 0.717) is 19.0 Å². The second-order valence-corrected chi connectivity index (χ2v) is 9.48. The Morgan fingerprint density at radius 2 is 1.56 bits per heavy atom. The summed E-state index contributed by atoms with van der Waals surface area (Å²) in [5.74, 6) is 0.351. The first-order valence-electron chi connectivity index (χ1n) is 12.4. The summed E-state index contributed by atoms with van der Waals surface area (Å²) >= 11 is 0. The summed E-state index contributed by atoms with van der Waals surface area (Å²) in [6.07, 6.45) is -1.71. The lowest BCUT2D eigenvalue weighted by Crippen LogP contribution is -2.52. The van der Waals surface area contributed by atoms with Crippen LogP contribution in [0.1, 0.15) is 58.7 Å². The number of carbonyl (C=O) groups excluding carboxylic acids is 1. The molecule has 0 fully saturated rings. The predicted molar refractivity (Wildman–Crippen MR) is 139 cm³/mol. The van der Waals surface area contributed by atoms with E-state index in [-0.39, 0.29) is 30.5 Å². The molecule has 198 valence electrons. The standard InChI is InChI=1S/C28H40N2O6/c1-7-34-25(35-8-2)19-30(20(3)22-12-10-9-11-13-22)26(31)24(29-27(32)33)18-21-14-16-23(17-15-21)36-28(4,5)6/h9-17,20,24-25,29H,7-8,18-19H2,1-6H3,(H,32,33)/t20-,24+/m1/s1. The van der Waals surface area contributed by atoms with Gasteiger partial charge in [0.05, 0.1) is 12.6 Å². The number of benzene rings is 2. The highest BCUT2D eigenvalue weighted by molar-refractivity contribution is 5.86. The van der Waals surface area contributed by atoms with Gasteiger partial charge in [0.15, 0.2) is 6.29 Å². The fraction of sp³-hybridized carbons (Fsp3) is 0.500. The largest absolute Gasteiger partial charge is 0.488 e. The van der Waals surface area contributed by atoms with Crippen LogP contribution in [0.5, 0.6) is 5.75 Å². The molecule has 0 heterocycles. The molecule has 0 saturated heterocycles. The summed E-state index contributed by atoms with van der Waals surface area (Å²) in [7, 11) is 0. The minimum Gasteiger partial charge on any atom is -0.488 e. The molecule has 2 N–H and O–H groups in total. The predicted octanol–water partition coefficient (Wildman–Crippen LogP) is 5.03. The summed E-state index contributed by atoms with van der Waals surface area (Å²) in [5, 5.41) is 11.9. The number of amides is 2. The minimum atomic E-state index is -1.26. The smallest absolute Gasteiger partial charge is 0.405 e. The second-order valence-electron chi connectivity index (χ2n) is 9.48. The Balaban J connectivity index is 2.33. The molecule has 0 saturated carbocycles. The van der Waals surface area contributed by atoms with Crippen molar-refractivity contribution in [3.05, 3.63) is 65.7 Å². The summed E-state index contributed by atoms with van der Waals surface area (Å²) in [6, 6.07) is 15.6. The molecule has 2 aromatic rings.